The molecule has 0 atom stereocenters. The standard InChI is InChI=1S/C11H20O3/c1-3-10(13)11(14-2)6-4-9(8-12)5-7-11/h9,12H,3-8H2,1-2H3/t9-,11+. The molecule has 1 rings (SSSR count). The van der Waals surface area contributed by atoms with Gasteiger partial charge in [0, 0.05) is 20.1 Å². The highest BCUT2D eigenvalue weighted by atomic mass is 16.5. The van der Waals surface area contributed by atoms with Crippen LogP contribution in [-0.4, -0.2) is 30.2 Å². The number of rotatable bonds is 4. The lowest BCUT2D eigenvalue weighted by Gasteiger charge is -2.37. The van der Waals surface area contributed by atoms with Crippen LogP contribution in [0.15, 0.2) is 0 Å². The first-order valence-electron chi connectivity index (χ1n) is 5.38. The topological polar surface area (TPSA) is 46.5 Å². The first-order chi connectivity index (χ1) is 6.68. The number of carbonyl (C=O) groups excluding carboxylic acids is 1. The van der Waals surface area contributed by atoms with Crippen molar-refractivity contribution >= 4 is 5.78 Å². The molecule has 0 radical (unpaired) electrons. The molecule has 0 bridgehead atoms. The summed E-state index contributed by atoms with van der Waals surface area (Å²) in [6.45, 7) is 2.11. The predicted molar refractivity (Wildman–Crippen MR) is 54.1 cm³/mol. The van der Waals surface area contributed by atoms with Crippen LogP contribution >= 0.6 is 0 Å². The summed E-state index contributed by atoms with van der Waals surface area (Å²) in [5.41, 5.74) is -0.541. The van der Waals surface area contributed by atoms with Crippen LogP contribution in [0, 0.1) is 5.92 Å². The zero-order valence-corrected chi connectivity index (χ0v) is 9.08. The van der Waals surface area contributed by atoms with Crippen molar-refractivity contribution in [1.29, 1.82) is 0 Å². The molecule has 0 aliphatic heterocycles. The van der Waals surface area contributed by atoms with E-state index in [0.29, 0.717) is 12.3 Å². The number of ketones is 1. The van der Waals surface area contributed by atoms with Crippen molar-refractivity contribution in [3.8, 4) is 0 Å². The second kappa shape index (κ2) is 4.89. The van der Waals surface area contributed by atoms with Gasteiger partial charge in [0.1, 0.15) is 5.60 Å². The Bertz CT molecular complexity index is 193. The smallest absolute Gasteiger partial charge is 0.164 e. The van der Waals surface area contributed by atoms with Gasteiger partial charge in [-0.15, -0.1) is 0 Å². The summed E-state index contributed by atoms with van der Waals surface area (Å²) in [4.78, 5) is 11.7. The van der Waals surface area contributed by atoms with E-state index in [9.17, 15) is 4.79 Å². The third-order valence-corrected chi connectivity index (χ3v) is 3.39. The van der Waals surface area contributed by atoms with Gasteiger partial charge in [-0.25, -0.2) is 0 Å². The predicted octanol–water partition coefficient (Wildman–Crippen LogP) is 1.53. The number of carbonyl (C=O) groups is 1. The van der Waals surface area contributed by atoms with Crippen molar-refractivity contribution < 1.29 is 14.6 Å². The van der Waals surface area contributed by atoms with E-state index in [1.165, 1.54) is 0 Å². The zero-order valence-electron chi connectivity index (χ0n) is 9.08. The highest BCUT2D eigenvalue weighted by Crippen LogP contribution is 2.35. The van der Waals surface area contributed by atoms with E-state index < -0.39 is 5.60 Å². The van der Waals surface area contributed by atoms with Gasteiger partial charge in [-0.1, -0.05) is 6.92 Å². The molecule has 0 aromatic carbocycles. The van der Waals surface area contributed by atoms with Crippen molar-refractivity contribution in [2.45, 2.75) is 44.6 Å². The minimum absolute atomic E-state index is 0.205. The summed E-state index contributed by atoms with van der Waals surface area (Å²) in [6.07, 6.45) is 3.87. The van der Waals surface area contributed by atoms with Gasteiger partial charge >= 0.3 is 0 Å². The van der Waals surface area contributed by atoms with Gasteiger partial charge in [0.25, 0.3) is 0 Å². The number of hydrogen-bond donors (Lipinski definition) is 1. The molecule has 1 saturated carbocycles. The van der Waals surface area contributed by atoms with Crippen LogP contribution in [-0.2, 0) is 9.53 Å². The molecular weight excluding hydrogens is 180 g/mol. The number of methoxy groups -OCH3 is 1. The first-order valence-corrected chi connectivity index (χ1v) is 5.38. The quantitative estimate of drug-likeness (QED) is 0.748. The van der Waals surface area contributed by atoms with E-state index in [1.54, 1.807) is 7.11 Å². The fourth-order valence-corrected chi connectivity index (χ4v) is 2.25. The molecule has 1 fully saturated rings. The molecule has 1 aliphatic carbocycles. The molecule has 82 valence electrons. The minimum Gasteiger partial charge on any atom is -0.396 e. The Hall–Kier alpha value is -0.410. The molecule has 0 amide bonds. The van der Waals surface area contributed by atoms with Crippen LogP contribution in [0.5, 0.6) is 0 Å². The summed E-state index contributed by atoms with van der Waals surface area (Å²) in [5.74, 6) is 0.569. The summed E-state index contributed by atoms with van der Waals surface area (Å²) >= 11 is 0. The number of Topliss-reactive ketones (excluding diaryl/α,β-unsaturated/α-hetero) is 1. The lowest BCUT2D eigenvalue weighted by atomic mass is 9.76. The highest BCUT2D eigenvalue weighted by Gasteiger charge is 2.40. The fraction of sp³-hybridized carbons (Fsp3) is 0.909. The van der Waals surface area contributed by atoms with Crippen molar-refractivity contribution in [3.63, 3.8) is 0 Å². The molecular formula is C11H20O3. The first kappa shape index (κ1) is 11.7. The van der Waals surface area contributed by atoms with Crippen molar-refractivity contribution in [2.75, 3.05) is 13.7 Å². The van der Waals surface area contributed by atoms with Crippen molar-refractivity contribution in [2.24, 2.45) is 5.92 Å². The maximum atomic E-state index is 11.7. The summed E-state index contributed by atoms with van der Waals surface area (Å²) in [5, 5.41) is 9.00. The largest absolute Gasteiger partial charge is 0.396 e. The van der Waals surface area contributed by atoms with Crippen LogP contribution in [0.3, 0.4) is 0 Å². The van der Waals surface area contributed by atoms with Crippen LogP contribution in [0.25, 0.3) is 0 Å². The average molecular weight is 200 g/mol. The van der Waals surface area contributed by atoms with E-state index in [0.717, 1.165) is 25.7 Å². The molecule has 1 aliphatic rings. The number of hydrogen-bond acceptors (Lipinski definition) is 3. The molecule has 0 unspecified atom stereocenters. The maximum Gasteiger partial charge on any atom is 0.164 e. The Labute approximate surface area is 85.5 Å². The van der Waals surface area contributed by atoms with Gasteiger partial charge in [0.2, 0.25) is 0 Å². The second-order valence-corrected chi connectivity index (χ2v) is 4.10. The molecule has 1 N–H and O–H groups in total. The Kier molecular flexibility index (Phi) is 4.08. The molecule has 3 heteroatoms. The molecule has 0 heterocycles. The Morgan fingerprint density at radius 2 is 2.07 bits per heavy atom. The summed E-state index contributed by atoms with van der Waals surface area (Å²) in [7, 11) is 1.62. The normalized spacial score (nSPS) is 32.9. The van der Waals surface area contributed by atoms with Gasteiger partial charge in [-0.05, 0) is 31.6 Å². The van der Waals surface area contributed by atoms with Gasteiger partial charge in [0.05, 0.1) is 0 Å². The molecule has 0 aromatic heterocycles. The fourth-order valence-electron chi connectivity index (χ4n) is 2.25. The molecule has 0 spiro atoms. The van der Waals surface area contributed by atoms with Crippen LogP contribution in [0.2, 0.25) is 0 Å². The third kappa shape index (κ3) is 2.15. The van der Waals surface area contributed by atoms with Gasteiger partial charge in [-0.2, -0.15) is 0 Å². The van der Waals surface area contributed by atoms with E-state index in [1.807, 2.05) is 6.92 Å². The summed E-state index contributed by atoms with van der Waals surface area (Å²) < 4.78 is 5.39. The zero-order chi connectivity index (χ0) is 10.6. The summed E-state index contributed by atoms with van der Waals surface area (Å²) in [6, 6.07) is 0. The minimum atomic E-state index is -0.541. The molecule has 0 saturated heterocycles. The van der Waals surface area contributed by atoms with Gasteiger partial charge in [0.15, 0.2) is 5.78 Å². The lowest BCUT2D eigenvalue weighted by Crippen LogP contribution is -2.44. The van der Waals surface area contributed by atoms with Crippen LogP contribution in [0.1, 0.15) is 39.0 Å². The van der Waals surface area contributed by atoms with Gasteiger partial charge in [-0.3, -0.25) is 4.79 Å². The van der Waals surface area contributed by atoms with E-state index in [4.69, 9.17) is 9.84 Å². The van der Waals surface area contributed by atoms with E-state index in [-0.39, 0.29) is 12.4 Å². The third-order valence-electron chi connectivity index (χ3n) is 3.39. The number of ether oxygens (including phenoxy) is 1. The molecule has 14 heavy (non-hydrogen) atoms. The lowest BCUT2D eigenvalue weighted by molar-refractivity contribution is -0.146. The molecule has 0 aromatic rings. The highest BCUT2D eigenvalue weighted by molar-refractivity contribution is 5.87. The van der Waals surface area contributed by atoms with Crippen molar-refractivity contribution in [3.05, 3.63) is 0 Å². The van der Waals surface area contributed by atoms with Crippen LogP contribution < -0.4 is 0 Å². The Morgan fingerprint density at radius 1 is 1.50 bits per heavy atom. The SMILES string of the molecule is CCC(=O)[C@]1(OC)CC[C@@H](CO)CC1. The molecule has 3 nitrogen and oxygen atoms in total. The van der Waals surface area contributed by atoms with E-state index >= 15 is 0 Å². The number of aliphatic hydroxyl groups excluding tert-OH is 1. The average Bonchev–Trinajstić information content (AvgIpc) is 2.28. The number of aliphatic hydroxyl groups is 1. The Balaban J connectivity index is 2.61. The van der Waals surface area contributed by atoms with Gasteiger partial charge < -0.3 is 9.84 Å². The Morgan fingerprint density at radius 3 is 2.43 bits per heavy atom. The second-order valence-electron chi connectivity index (χ2n) is 4.10. The van der Waals surface area contributed by atoms with Crippen LogP contribution in [0.4, 0.5) is 0 Å². The van der Waals surface area contributed by atoms with Crippen molar-refractivity contribution in [1.82, 2.24) is 0 Å². The maximum absolute atomic E-state index is 11.7. The monoisotopic (exact) mass is 200 g/mol. The van der Waals surface area contributed by atoms with E-state index in [2.05, 4.69) is 0 Å².